The van der Waals surface area contributed by atoms with Crippen molar-refractivity contribution in [1.29, 1.82) is 0 Å². The van der Waals surface area contributed by atoms with E-state index in [-0.39, 0.29) is 24.4 Å². The monoisotopic (exact) mass is 354 g/mol. The average molecular weight is 355 g/mol. The molecule has 1 atom stereocenters. The first-order valence-corrected chi connectivity index (χ1v) is 9.61. The summed E-state index contributed by atoms with van der Waals surface area (Å²) in [5.74, 6) is -0.246. The maximum Gasteiger partial charge on any atom is 0.244 e. The van der Waals surface area contributed by atoms with E-state index in [1.807, 2.05) is 6.92 Å². The van der Waals surface area contributed by atoms with Crippen molar-refractivity contribution in [3.8, 4) is 0 Å². The molecule has 0 aromatic carbocycles. The van der Waals surface area contributed by atoms with Crippen molar-refractivity contribution >= 4 is 28.2 Å². The summed E-state index contributed by atoms with van der Waals surface area (Å²) in [6.07, 6.45) is 3.90. The van der Waals surface area contributed by atoms with Gasteiger partial charge >= 0.3 is 0 Å². The van der Waals surface area contributed by atoms with Gasteiger partial charge in [-0.3, -0.25) is 4.79 Å². The minimum Gasteiger partial charge on any atom is -0.376 e. The number of amides is 1. The molecule has 2 fully saturated rings. The van der Waals surface area contributed by atoms with Crippen LogP contribution in [0.2, 0.25) is 0 Å². The summed E-state index contributed by atoms with van der Waals surface area (Å²) < 4.78 is 28.9. The Bertz CT molecular complexity index is 471. The Morgan fingerprint density at radius 3 is 2.45 bits per heavy atom. The zero-order valence-corrected chi connectivity index (χ0v) is 15.0. The highest BCUT2D eigenvalue weighted by molar-refractivity contribution is 7.92. The van der Waals surface area contributed by atoms with Crippen LogP contribution in [0.1, 0.15) is 32.6 Å². The van der Waals surface area contributed by atoms with Crippen molar-refractivity contribution in [2.24, 2.45) is 0 Å². The second-order valence-corrected chi connectivity index (χ2v) is 8.32. The van der Waals surface area contributed by atoms with Crippen LogP contribution in [0.25, 0.3) is 0 Å². The molecule has 1 unspecified atom stereocenters. The lowest BCUT2D eigenvalue weighted by molar-refractivity contribution is -0.136. The molecular weight excluding hydrogens is 328 g/mol. The lowest BCUT2D eigenvalue weighted by Gasteiger charge is -2.38. The van der Waals surface area contributed by atoms with Gasteiger partial charge in [-0.1, -0.05) is 0 Å². The van der Waals surface area contributed by atoms with E-state index in [1.165, 1.54) is 6.26 Å². The Hall–Kier alpha value is -0.370. The Balaban J connectivity index is 0.00000242. The third kappa shape index (κ3) is 3.93. The Kier molecular flexibility index (Phi) is 7.11. The van der Waals surface area contributed by atoms with Gasteiger partial charge in [-0.2, -0.15) is 0 Å². The predicted molar refractivity (Wildman–Crippen MR) is 88.2 cm³/mol. The van der Waals surface area contributed by atoms with Crippen LogP contribution in [0.15, 0.2) is 0 Å². The van der Waals surface area contributed by atoms with Gasteiger partial charge in [0.25, 0.3) is 0 Å². The van der Waals surface area contributed by atoms with E-state index < -0.39 is 14.6 Å². The van der Waals surface area contributed by atoms with E-state index in [4.69, 9.17) is 4.74 Å². The van der Waals surface area contributed by atoms with Gasteiger partial charge in [-0.15, -0.1) is 12.4 Å². The predicted octanol–water partition coefficient (Wildman–Crippen LogP) is 0.603. The molecule has 2 aliphatic rings. The molecule has 130 valence electrons. The van der Waals surface area contributed by atoms with Gasteiger partial charge in [-0.25, -0.2) is 8.42 Å². The number of piperidine rings is 1. The molecule has 2 saturated heterocycles. The van der Waals surface area contributed by atoms with Crippen molar-refractivity contribution in [3.63, 3.8) is 0 Å². The molecule has 2 aliphatic heterocycles. The van der Waals surface area contributed by atoms with Crippen LogP contribution in [-0.4, -0.2) is 69.1 Å². The zero-order chi connectivity index (χ0) is 15.5. The summed E-state index contributed by atoms with van der Waals surface area (Å²) in [5.41, 5.74) is 0. The minimum atomic E-state index is -3.45. The topological polar surface area (TPSA) is 75.7 Å². The van der Waals surface area contributed by atoms with Crippen LogP contribution in [-0.2, 0) is 19.4 Å². The van der Waals surface area contributed by atoms with Crippen LogP contribution in [0.5, 0.6) is 0 Å². The molecule has 1 amide bonds. The standard InChI is InChI=1S/C14H26N2O4S.ClH/c1-3-16(11-12-5-4-10-20-12)13(17)14(21(2,18)19)6-8-15-9-7-14;/h12,15H,3-11H2,1-2H3;1H. The van der Waals surface area contributed by atoms with Gasteiger partial charge in [0, 0.05) is 26.0 Å². The minimum absolute atomic E-state index is 0. The van der Waals surface area contributed by atoms with E-state index in [2.05, 4.69) is 5.32 Å². The Morgan fingerprint density at radius 2 is 2.00 bits per heavy atom. The number of carbonyl (C=O) groups is 1. The number of nitrogens with zero attached hydrogens (tertiary/aromatic N) is 1. The second-order valence-electron chi connectivity index (χ2n) is 6.00. The zero-order valence-electron chi connectivity index (χ0n) is 13.3. The van der Waals surface area contributed by atoms with Crippen LogP contribution in [0, 0.1) is 0 Å². The molecule has 0 bridgehead atoms. The Labute approximate surface area is 139 Å². The molecule has 1 N–H and O–H groups in total. The third-order valence-electron chi connectivity index (χ3n) is 4.63. The van der Waals surface area contributed by atoms with Crippen molar-refractivity contribution in [2.45, 2.75) is 43.5 Å². The fourth-order valence-corrected chi connectivity index (χ4v) is 4.64. The summed E-state index contributed by atoms with van der Waals surface area (Å²) in [4.78, 5) is 14.6. The highest BCUT2D eigenvalue weighted by atomic mass is 35.5. The fraction of sp³-hybridized carbons (Fsp3) is 0.929. The highest BCUT2D eigenvalue weighted by Crippen LogP contribution is 2.30. The maximum atomic E-state index is 12.9. The van der Waals surface area contributed by atoms with E-state index in [9.17, 15) is 13.2 Å². The first kappa shape index (κ1) is 19.7. The first-order chi connectivity index (χ1) is 9.90. The number of halogens is 1. The first-order valence-electron chi connectivity index (χ1n) is 7.72. The SMILES string of the molecule is CCN(CC1CCCO1)C(=O)C1(S(C)(=O)=O)CCNCC1.Cl. The summed E-state index contributed by atoms with van der Waals surface area (Å²) in [5, 5.41) is 3.14. The largest absolute Gasteiger partial charge is 0.376 e. The third-order valence-corrected chi connectivity index (χ3v) is 6.63. The highest BCUT2D eigenvalue weighted by Gasteiger charge is 2.50. The van der Waals surface area contributed by atoms with Crippen LogP contribution in [0.4, 0.5) is 0 Å². The van der Waals surface area contributed by atoms with Gasteiger partial charge in [0.15, 0.2) is 14.6 Å². The molecule has 0 aromatic rings. The molecule has 0 spiro atoms. The number of rotatable bonds is 5. The molecular formula is C14H27ClN2O4S. The van der Waals surface area contributed by atoms with Gasteiger partial charge in [0.05, 0.1) is 6.10 Å². The molecule has 2 heterocycles. The van der Waals surface area contributed by atoms with Gasteiger partial charge < -0.3 is 15.0 Å². The van der Waals surface area contributed by atoms with Crippen molar-refractivity contribution < 1.29 is 17.9 Å². The maximum absolute atomic E-state index is 12.9. The molecule has 0 radical (unpaired) electrons. The number of sulfone groups is 1. The second kappa shape index (κ2) is 7.95. The lowest BCUT2D eigenvalue weighted by Crippen LogP contribution is -2.59. The molecule has 2 rings (SSSR count). The van der Waals surface area contributed by atoms with Gasteiger partial charge in [-0.05, 0) is 45.7 Å². The van der Waals surface area contributed by atoms with E-state index >= 15 is 0 Å². The van der Waals surface area contributed by atoms with E-state index in [0.29, 0.717) is 39.0 Å². The van der Waals surface area contributed by atoms with Crippen LogP contribution >= 0.6 is 12.4 Å². The van der Waals surface area contributed by atoms with Crippen LogP contribution < -0.4 is 5.32 Å². The summed E-state index contributed by atoms with van der Waals surface area (Å²) in [6.45, 7) is 4.78. The molecule has 6 nitrogen and oxygen atoms in total. The summed E-state index contributed by atoms with van der Waals surface area (Å²) >= 11 is 0. The van der Waals surface area contributed by atoms with Crippen molar-refractivity contribution in [3.05, 3.63) is 0 Å². The number of carbonyl (C=O) groups excluding carboxylic acids is 1. The van der Waals surface area contributed by atoms with E-state index in [0.717, 1.165) is 19.4 Å². The fourth-order valence-electron chi connectivity index (χ4n) is 3.25. The van der Waals surface area contributed by atoms with Crippen LogP contribution in [0.3, 0.4) is 0 Å². The Morgan fingerprint density at radius 1 is 1.36 bits per heavy atom. The normalized spacial score (nSPS) is 24.5. The van der Waals surface area contributed by atoms with Crippen molar-refractivity contribution in [1.82, 2.24) is 10.2 Å². The molecule has 22 heavy (non-hydrogen) atoms. The number of likely N-dealkylation sites (N-methyl/N-ethyl adjacent to an activating group) is 1. The average Bonchev–Trinajstić information content (AvgIpc) is 2.96. The summed E-state index contributed by atoms with van der Waals surface area (Å²) in [6, 6.07) is 0. The number of hydrogen-bond donors (Lipinski definition) is 1. The lowest BCUT2D eigenvalue weighted by atomic mass is 9.95. The number of hydrogen-bond acceptors (Lipinski definition) is 5. The van der Waals surface area contributed by atoms with Crippen molar-refractivity contribution in [2.75, 3.05) is 39.0 Å². The molecule has 0 saturated carbocycles. The molecule has 8 heteroatoms. The quantitative estimate of drug-likeness (QED) is 0.782. The molecule has 0 aliphatic carbocycles. The van der Waals surface area contributed by atoms with Gasteiger partial charge in [0.1, 0.15) is 0 Å². The smallest absolute Gasteiger partial charge is 0.244 e. The van der Waals surface area contributed by atoms with E-state index in [1.54, 1.807) is 4.90 Å². The van der Waals surface area contributed by atoms with Gasteiger partial charge in [0.2, 0.25) is 5.91 Å². The number of ether oxygens (including phenoxy) is 1. The molecule has 0 aromatic heterocycles. The number of nitrogens with one attached hydrogen (secondary N) is 1. The summed E-state index contributed by atoms with van der Waals surface area (Å²) in [7, 11) is -3.45.